The molecule has 0 aliphatic carbocycles. The number of aryl methyl sites for hydroxylation is 3. The van der Waals surface area contributed by atoms with Crippen LogP contribution in [0.1, 0.15) is 28.3 Å². The number of amides is 1. The molecule has 7 heteroatoms. The van der Waals surface area contributed by atoms with Gasteiger partial charge in [0.05, 0.1) is 12.1 Å². The molecule has 0 unspecified atom stereocenters. The number of H-pyrrole nitrogens is 1. The zero-order chi connectivity index (χ0) is 18.7. The van der Waals surface area contributed by atoms with Gasteiger partial charge in [0.1, 0.15) is 5.82 Å². The second kappa shape index (κ2) is 7.78. The number of pyridine rings is 1. The van der Waals surface area contributed by atoms with Gasteiger partial charge in [-0.15, -0.1) is 0 Å². The smallest absolute Gasteiger partial charge is 0.254 e. The fourth-order valence-corrected chi connectivity index (χ4v) is 3.27. The van der Waals surface area contributed by atoms with Crippen LogP contribution >= 0.6 is 0 Å². The summed E-state index contributed by atoms with van der Waals surface area (Å²) in [5.74, 6) is 0.556. The number of carbonyl (C=O) groups excluding carboxylic acids is 1. The molecule has 26 heavy (non-hydrogen) atoms. The molecule has 0 atom stereocenters. The summed E-state index contributed by atoms with van der Waals surface area (Å²) in [6.07, 6.45) is 1.92. The van der Waals surface area contributed by atoms with Crippen molar-refractivity contribution in [1.29, 1.82) is 0 Å². The van der Waals surface area contributed by atoms with E-state index in [1.165, 1.54) is 5.56 Å². The molecular formula is C19H25N5O2. The first kappa shape index (κ1) is 18.3. The maximum Gasteiger partial charge on any atom is 0.254 e. The molecule has 1 fully saturated rings. The van der Waals surface area contributed by atoms with Crippen molar-refractivity contribution in [2.24, 2.45) is 0 Å². The van der Waals surface area contributed by atoms with Gasteiger partial charge < -0.3 is 9.88 Å². The van der Waals surface area contributed by atoms with Gasteiger partial charge in [0.25, 0.3) is 5.56 Å². The number of rotatable bonds is 4. The molecule has 3 rings (SSSR count). The Labute approximate surface area is 153 Å². The molecule has 7 nitrogen and oxygen atoms in total. The summed E-state index contributed by atoms with van der Waals surface area (Å²) < 4.78 is 0. The normalized spacial score (nSPS) is 15.3. The minimum absolute atomic E-state index is 0.0158. The van der Waals surface area contributed by atoms with Gasteiger partial charge in [-0.05, 0) is 32.4 Å². The molecule has 0 radical (unpaired) electrons. The number of nitrogens with zero attached hydrogens (tertiary/aromatic N) is 4. The van der Waals surface area contributed by atoms with E-state index in [2.05, 4.69) is 32.8 Å². The summed E-state index contributed by atoms with van der Waals surface area (Å²) in [5.41, 5.74) is 3.15. The number of carbonyl (C=O) groups is 1. The predicted octanol–water partition coefficient (Wildman–Crippen LogP) is 0.977. The standard InChI is InChI=1S/C19H25N5O2/c1-13-5-4-6-20-17(13)12-23-7-9-24(10-8-23)18(25)11-16-14(2)21-15(3)22-19(16)26/h4-6H,7-12H2,1-3H3,(H,21,22,26). The average Bonchev–Trinajstić information content (AvgIpc) is 2.60. The summed E-state index contributed by atoms with van der Waals surface area (Å²) in [4.78, 5) is 40.2. The van der Waals surface area contributed by atoms with Crippen LogP contribution in [0.15, 0.2) is 23.1 Å². The summed E-state index contributed by atoms with van der Waals surface area (Å²) in [6.45, 7) is 9.34. The highest BCUT2D eigenvalue weighted by atomic mass is 16.2. The van der Waals surface area contributed by atoms with E-state index in [-0.39, 0.29) is 17.9 Å². The summed E-state index contributed by atoms with van der Waals surface area (Å²) in [6, 6.07) is 4.01. The molecule has 0 spiro atoms. The average molecular weight is 355 g/mol. The summed E-state index contributed by atoms with van der Waals surface area (Å²) in [7, 11) is 0. The minimum atomic E-state index is -0.215. The Kier molecular flexibility index (Phi) is 5.46. The van der Waals surface area contributed by atoms with Crippen molar-refractivity contribution in [2.45, 2.75) is 33.7 Å². The van der Waals surface area contributed by atoms with Crippen LogP contribution in [0.4, 0.5) is 0 Å². The highest BCUT2D eigenvalue weighted by molar-refractivity contribution is 5.79. The van der Waals surface area contributed by atoms with Crippen LogP contribution in [-0.2, 0) is 17.8 Å². The maximum atomic E-state index is 12.6. The van der Waals surface area contributed by atoms with E-state index >= 15 is 0 Å². The van der Waals surface area contributed by atoms with Crippen LogP contribution in [-0.4, -0.2) is 56.8 Å². The highest BCUT2D eigenvalue weighted by Gasteiger charge is 2.23. The quantitative estimate of drug-likeness (QED) is 0.884. The van der Waals surface area contributed by atoms with Gasteiger partial charge in [0.2, 0.25) is 5.91 Å². The molecule has 138 valence electrons. The Bertz CT molecular complexity index is 853. The number of piperazine rings is 1. The van der Waals surface area contributed by atoms with E-state index in [1.807, 2.05) is 17.2 Å². The van der Waals surface area contributed by atoms with Crippen molar-refractivity contribution in [2.75, 3.05) is 26.2 Å². The Balaban J connectivity index is 1.57. The number of aromatic amines is 1. The van der Waals surface area contributed by atoms with Crippen molar-refractivity contribution in [3.8, 4) is 0 Å². The molecule has 0 saturated carbocycles. The van der Waals surface area contributed by atoms with Crippen LogP contribution in [0.3, 0.4) is 0 Å². The fourth-order valence-electron chi connectivity index (χ4n) is 3.27. The first-order valence-electron chi connectivity index (χ1n) is 8.91. The Morgan fingerprint density at radius 2 is 1.92 bits per heavy atom. The minimum Gasteiger partial charge on any atom is -0.340 e. The first-order chi connectivity index (χ1) is 12.4. The van der Waals surface area contributed by atoms with E-state index in [1.54, 1.807) is 13.8 Å². The Hall–Kier alpha value is -2.54. The molecule has 2 aromatic heterocycles. The molecule has 1 N–H and O–H groups in total. The lowest BCUT2D eigenvalue weighted by atomic mass is 10.1. The second-order valence-corrected chi connectivity index (χ2v) is 6.82. The van der Waals surface area contributed by atoms with Crippen molar-refractivity contribution in [1.82, 2.24) is 24.8 Å². The van der Waals surface area contributed by atoms with Crippen molar-refractivity contribution >= 4 is 5.91 Å². The van der Waals surface area contributed by atoms with Gasteiger partial charge in [-0.1, -0.05) is 6.07 Å². The van der Waals surface area contributed by atoms with Gasteiger partial charge >= 0.3 is 0 Å². The number of aromatic nitrogens is 3. The number of hydrogen-bond acceptors (Lipinski definition) is 5. The lowest BCUT2D eigenvalue weighted by molar-refractivity contribution is -0.132. The lowest BCUT2D eigenvalue weighted by Gasteiger charge is -2.34. The third-order valence-corrected chi connectivity index (χ3v) is 4.88. The topological polar surface area (TPSA) is 82.2 Å². The predicted molar refractivity (Wildman–Crippen MR) is 98.9 cm³/mol. The molecule has 1 amide bonds. The van der Waals surface area contributed by atoms with Gasteiger partial charge in [0.15, 0.2) is 0 Å². The van der Waals surface area contributed by atoms with Crippen molar-refractivity contribution in [3.05, 3.63) is 57.0 Å². The second-order valence-electron chi connectivity index (χ2n) is 6.82. The van der Waals surface area contributed by atoms with E-state index in [0.717, 1.165) is 25.3 Å². The van der Waals surface area contributed by atoms with E-state index < -0.39 is 0 Å². The summed E-state index contributed by atoms with van der Waals surface area (Å²) >= 11 is 0. The highest BCUT2D eigenvalue weighted by Crippen LogP contribution is 2.11. The SMILES string of the molecule is Cc1nc(C)c(CC(=O)N2CCN(Cc3ncccc3C)CC2)c(=O)[nH]1. The van der Waals surface area contributed by atoms with Gasteiger partial charge in [-0.2, -0.15) is 0 Å². The lowest BCUT2D eigenvalue weighted by Crippen LogP contribution is -2.49. The molecule has 2 aromatic rings. The molecule has 1 aliphatic rings. The van der Waals surface area contributed by atoms with Crippen molar-refractivity contribution < 1.29 is 4.79 Å². The van der Waals surface area contributed by atoms with E-state index in [4.69, 9.17) is 0 Å². The third-order valence-electron chi connectivity index (χ3n) is 4.88. The monoisotopic (exact) mass is 355 g/mol. The fraction of sp³-hybridized carbons (Fsp3) is 0.474. The molecule has 1 aliphatic heterocycles. The summed E-state index contributed by atoms with van der Waals surface area (Å²) in [5, 5.41) is 0. The molecular weight excluding hydrogens is 330 g/mol. The molecule has 0 aromatic carbocycles. The Morgan fingerprint density at radius 1 is 1.19 bits per heavy atom. The molecule has 0 bridgehead atoms. The van der Waals surface area contributed by atoms with Crippen LogP contribution in [0.2, 0.25) is 0 Å². The number of hydrogen-bond donors (Lipinski definition) is 1. The molecule has 3 heterocycles. The van der Waals surface area contributed by atoms with Crippen molar-refractivity contribution in [3.63, 3.8) is 0 Å². The van der Waals surface area contributed by atoms with Gasteiger partial charge in [-0.25, -0.2) is 4.98 Å². The van der Waals surface area contributed by atoms with E-state index in [9.17, 15) is 9.59 Å². The zero-order valence-electron chi connectivity index (χ0n) is 15.6. The first-order valence-corrected chi connectivity index (χ1v) is 8.91. The zero-order valence-corrected chi connectivity index (χ0v) is 15.6. The van der Waals surface area contributed by atoms with Gasteiger partial charge in [-0.3, -0.25) is 19.5 Å². The third kappa shape index (κ3) is 4.16. The number of nitrogens with one attached hydrogen (secondary N) is 1. The maximum absolute atomic E-state index is 12.6. The van der Waals surface area contributed by atoms with Crippen LogP contribution in [0, 0.1) is 20.8 Å². The molecule has 1 saturated heterocycles. The largest absolute Gasteiger partial charge is 0.340 e. The van der Waals surface area contributed by atoms with Crippen LogP contribution in [0.25, 0.3) is 0 Å². The van der Waals surface area contributed by atoms with Crippen LogP contribution < -0.4 is 5.56 Å². The van der Waals surface area contributed by atoms with Crippen LogP contribution in [0.5, 0.6) is 0 Å². The van der Waals surface area contributed by atoms with Gasteiger partial charge in [0, 0.05) is 50.2 Å². The Morgan fingerprint density at radius 3 is 2.58 bits per heavy atom. The van der Waals surface area contributed by atoms with E-state index in [0.29, 0.717) is 30.2 Å².